The number of hydrogen-bond donors (Lipinski definition) is 1. The molecule has 1 heterocycles. The number of benzene rings is 2. The van der Waals surface area contributed by atoms with Gasteiger partial charge in [-0.1, -0.05) is 17.7 Å². The minimum atomic E-state index is -4.19. The number of amides is 1. The summed E-state index contributed by atoms with van der Waals surface area (Å²) in [7, 11) is -4.19. The highest BCUT2D eigenvalue weighted by Crippen LogP contribution is 2.30. The van der Waals surface area contributed by atoms with Crippen LogP contribution in [0.2, 0.25) is 5.02 Å². The molecule has 3 aromatic rings. The van der Waals surface area contributed by atoms with Crippen molar-refractivity contribution in [3.8, 4) is 0 Å². The Bertz CT molecular complexity index is 1200. The second-order valence-electron chi connectivity index (χ2n) is 7.74. The predicted octanol–water partition coefficient (Wildman–Crippen LogP) is 4.38. The molecule has 0 spiro atoms. The van der Waals surface area contributed by atoms with Crippen LogP contribution in [0.3, 0.4) is 0 Å². The first-order valence-electron chi connectivity index (χ1n) is 10.6. The number of ether oxygens (including phenoxy) is 1. The first-order chi connectivity index (χ1) is 16.2. The van der Waals surface area contributed by atoms with Crippen molar-refractivity contribution in [1.82, 2.24) is 14.9 Å². The van der Waals surface area contributed by atoms with Crippen molar-refractivity contribution in [2.24, 2.45) is 0 Å². The van der Waals surface area contributed by atoms with E-state index in [1.165, 1.54) is 36.4 Å². The Morgan fingerprint density at radius 3 is 2.68 bits per heavy atom. The van der Waals surface area contributed by atoms with E-state index in [-0.39, 0.29) is 17.2 Å². The number of sulfonamides is 1. The van der Waals surface area contributed by atoms with Gasteiger partial charge >= 0.3 is 6.09 Å². The summed E-state index contributed by atoms with van der Waals surface area (Å²) in [5.74, 6) is -0.709. The molecule has 3 rings (SSSR count). The summed E-state index contributed by atoms with van der Waals surface area (Å²) in [6.07, 6.45) is 5.14. The van der Waals surface area contributed by atoms with E-state index >= 15 is 0 Å². The number of aryl methyl sites for hydroxylation is 2. The van der Waals surface area contributed by atoms with Gasteiger partial charge in [0.1, 0.15) is 12.4 Å². The number of nitrogens with one attached hydrogen (secondary N) is 1. The van der Waals surface area contributed by atoms with Crippen LogP contribution in [0.25, 0.3) is 0 Å². The van der Waals surface area contributed by atoms with Gasteiger partial charge in [0.25, 0.3) is 10.0 Å². The second-order valence-corrected chi connectivity index (χ2v) is 9.99. The smallest absolute Gasteiger partial charge is 0.407 e. The van der Waals surface area contributed by atoms with E-state index in [0.29, 0.717) is 30.1 Å². The number of anilines is 1. The van der Waals surface area contributed by atoms with E-state index in [9.17, 15) is 17.6 Å². The lowest BCUT2D eigenvalue weighted by molar-refractivity contribution is 0.141. The third-order valence-corrected chi connectivity index (χ3v) is 7.18. The summed E-state index contributed by atoms with van der Waals surface area (Å²) < 4.78 is 49.8. The summed E-state index contributed by atoms with van der Waals surface area (Å²) in [6, 6.07) is 8.87. The van der Waals surface area contributed by atoms with Crippen LogP contribution in [0.5, 0.6) is 0 Å². The average molecular weight is 509 g/mol. The maximum absolute atomic E-state index is 14.8. The number of nitrogens with zero attached hydrogens (tertiary/aromatic N) is 3. The van der Waals surface area contributed by atoms with Crippen LogP contribution in [0.4, 0.5) is 14.9 Å². The first kappa shape index (κ1) is 25.5. The van der Waals surface area contributed by atoms with E-state index in [1.54, 1.807) is 32.4 Å². The second kappa shape index (κ2) is 11.3. The lowest BCUT2D eigenvalue weighted by Crippen LogP contribution is -2.43. The zero-order valence-electron chi connectivity index (χ0n) is 18.8. The zero-order valence-corrected chi connectivity index (χ0v) is 20.4. The zero-order chi connectivity index (χ0) is 24.7. The van der Waals surface area contributed by atoms with E-state index < -0.39 is 28.0 Å². The summed E-state index contributed by atoms with van der Waals surface area (Å²) in [5, 5.41) is 2.99. The van der Waals surface area contributed by atoms with E-state index in [1.807, 2.05) is 10.8 Å². The van der Waals surface area contributed by atoms with Gasteiger partial charge in [-0.15, -0.1) is 0 Å². The van der Waals surface area contributed by atoms with Gasteiger partial charge in [-0.3, -0.25) is 4.31 Å². The van der Waals surface area contributed by atoms with Crippen LogP contribution >= 0.6 is 11.6 Å². The van der Waals surface area contributed by atoms with Crippen LogP contribution in [0, 0.1) is 12.7 Å². The molecular weight excluding hydrogens is 483 g/mol. The van der Waals surface area contributed by atoms with Gasteiger partial charge in [-0.2, -0.15) is 0 Å². The highest BCUT2D eigenvalue weighted by atomic mass is 35.5. The number of alkyl carbamates (subject to hydrolysis) is 1. The van der Waals surface area contributed by atoms with Crippen molar-refractivity contribution < 1.29 is 22.3 Å². The van der Waals surface area contributed by atoms with E-state index in [4.69, 9.17) is 16.3 Å². The molecule has 0 saturated carbocycles. The number of aromatic nitrogens is 2. The molecule has 0 radical (unpaired) electrons. The quantitative estimate of drug-likeness (QED) is 0.410. The molecule has 34 heavy (non-hydrogen) atoms. The molecule has 0 fully saturated rings. The van der Waals surface area contributed by atoms with E-state index in [0.717, 1.165) is 4.31 Å². The van der Waals surface area contributed by atoms with Crippen LogP contribution in [-0.4, -0.2) is 43.3 Å². The molecule has 2 aromatic carbocycles. The van der Waals surface area contributed by atoms with E-state index in [2.05, 4.69) is 10.3 Å². The Morgan fingerprint density at radius 2 is 2.00 bits per heavy atom. The summed E-state index contributed by atoms with van der Waals surface area (Å²) in [6.45, 7) is 4.03. The summed E-state index contributed by atoms with van der Waals surface area (Å²) in [4.78, 5) is 16.0. The highest BCUT2D eigenvalue weighted by molar-refractivity contribution is 7.92. The molecule has 182 valence electrons. The van der Waals surface area contributed by atoms with Crippen molar-refractivity contribution >= 4 is 33.4 Å². The molecular formula is C23H26ClFN4O4S. The molecule has 1 unspecified atom stereocenters. The lowest BCUT2D eigenvalue weighted by atomic mass is 10.2. The van der Waals surface area contributed by atoms with Crippen LogP contribution in [0.15, 0.2) is 66.1 Å². The van der Waals surface area contributed by atoms with Crippen molar-refractivity contribution in [2.45, 2.75) is 37.8 Å². The minimum absolute atomic E-state index is 0.0615. The number of carbonyl (C=O) groups excluding carboxylic acids is 1. The van der Waals surface area contributed by atoms with Gasteiger partial charge in [-0.05, 0) is 62.2 Å². The Labute approximate surface area is 203 Å². The molecule has 0 bridgehead atoms. The molecule has 0 aliphatic carbocycles. The lowest BCUT2D eigenvalue weighted by Gasteiger charge is -2.30. The summed E-state index contributed by atoms with van der Waals surface area (Å²) in [5.41, 5.74) is 0.545. The monoisotopic (exact) mass is 508 g/mol. The van der Waals surface area contributed by atoms with Crippen LogP contribution < -0.4 is 9.62 Å². The van der Waals surface area contributed by atoms with Crippen molar-refractivity contribution in [3.05, 3.63) is 77.6 Å². The normalized spacial score (nSPS) is 12.2. The maximum Gasteiger partial charge on any atom is 0.407 e. The van der Waals surface area contributed by atoms with Gasteiger partial charge in [0.05, 0.1) is 23.0 Å². The largest absolute Gasteiger partial charge is 0.447 e. The van der Waals surface area contributed by atoms with Gasteiger partial charge in [0, 0.05) is 30.5 Å². The van der Waals surface area contributed by atoms with Crippen molar-refractivity contribution in [3.63, 3.8) is 0 Å². The van der Waals surface area contributed by atoms with Gasteiger partial charge < -0.3 is 14.6 Å². The molecule has 0 aliphatic rings. The molecule has 1 N–H and O–H groups in total. The first-order valence-corrected chi connectivity index (χ1v) is 12.4. The minimum Gasteiger partial charge on any atom is -0.447 e. The highest BCUT2D eigenvalue weighted by Gasteiger charge is 2.32. The number of carbonyl (C=O) groups is 1. The number of imidazole rings is 1. The average Bonchev–Trinajstić information content (AvgIpc) is 3.31. The maximum atomic E-state index is 14.8. The Hall–Kier alpha value is -3.11. The van der Waals surface area contributed by atoms with Crippen molar-refractivity contribution in [2.75, 3.05) is 17.5 Å². The third kappa shape index (κ3) is 6.48. The fourth-order valence-corrected chi connectivity index (χ4v) is 5.07. The topological polar surface area (TPSA) is 93.5 Å². The Morgan fingerprint density at radius 1 is 1.26 bits per heavy atom. The molecule has 0 saturated heterocycles. The Balaban J connectivity index is 1.72. The SMILES string of the molecule is Cc1ccc(F)c(N(C(C)COC(=O)NCCCn2ccnc2)S(=O)(=O)c2ccc(Cl)cc2)c1. The predicted molar refractivity (Wildman–Crippen MR) is 128 cm³/mol. The van der Waals surface area contributed by atoms with Crippen LogP contribution in [0.1, 0.15) is 18.9 Å². The van der Waals surface area contributed by atoms with Crippen molar-refractivity contribution in [1.29, 1.82) is 0 Å². The molecule has 1 amide bonds. The van der Waals surface area contributed by atoms with Gasteiger partial charge in [0.2, 0.25) is 0 Å². The number of rotatable bonds is 10. The molecule has 1 atom stereocenters. The van der Waals surface area contributed by atoms with Gasteiger partial charge in [-0.25, -0.2) is 22.6 Å². The molecule has 8 nitrogen and oxygen atoms in total. The molecule has 1 aromatic heterocycles. The Kier molecular flexibility index (Phi) is 8.51. The molecule has 11 heteroatoms. The fraction of sp³-hybridized carbons (Fsp3) is 0.304. The fourth-order valence-electron chi connectivity index (χ4n) is 3.30. The summed E-state index contributed by atoms with van der Waals surface area (Å²) >= 11 is 5.90. The number of halogens is 2. The third-order valence-electron chi connectivity index (χ3n) is 4.99. The standard InChI is InChI=1S/C23H26ClFN4O4S/c1-17-4-9-21(25)22(14-17)29(34(31,32)20-7-5-19(24)6-8-20)18(2)15-33-23(30)27-10-3-12-28-13-11-26-16-28/h4-9,11,13-14,16,18H,3,10,12,15H2,1-2H3,(H,27,30). The van der Waals surface area contributed by atoms with Crippen LogP contribution in [-0.2, 0) is 21.3 Å². The van der Waals surface area contributed by atoms with Gasteiger partial charge in [0.15, 0.2) is 0 Å². The number of hydrogen-bond acceptors (Lipinski definition) is 5. The molecule has 0 aliphatic heterocycles.